The average molecular weight is 462 g/mol. The molecule has 0 aromatic heterocycles. The topological polar surface area (TPSA) is 80.3 Å². The first-order chi connectivity index (χ1) is 16.6. The first-order valence-corrected chi connectivity index (χ1v) is 11.1. The molecule has 3 aromatic rings. The van der Waals surface area contributed by atoms with Crippen LogP contribution >= 0.6 is 0 Å². The van der Waals surface area contributed by atoms with Gasteiger partial charge >= 0.3 is 11.9 Å². The maximum absolute atomic E-state index is 11.9. The average Bonchev–Trinajstić information content (AvgIpc) is 2.88. The summed E-state index contributed by atoms with van der Waals surface area (Å²) < 4.78 is 27.4. The van der Waals surface area contributed by atoms with Crippen LogP contribution in [0.25, 0.3) is 0 Å². The van der Waals surface area contributed by atoms with Crippen molar-refractivity contribution in [1.29, 1.82) is 0 Å². The monoisotopic (exact) mass is 462 g/mol. The van der Waals surface area contributed by atoms with E-state index in [1.54, 1.807) is 31.2 Å². The summed E-state index contributed by atoms with van der Waals surface area (Å²) >= 11 is 0. The van der Waals surface area contributed by atoms with Crippen LogP contribution in [0, 0.1) is 0 Å². The van der Waals surface area contributed by atoms with Gasteiger partial charge in [0.05, 0.1) is 24.8 Å². The summed E-state index contributed by atoms with van der Waals surface area (Å²) in [6.07, 6.45) is 0.580. The lowest BCUT2D eigenvalue weighted by Crippen LogP contribution is -2.16. The molecule has 0 saturated heterocycles. The van der Waals surface area contributed by atoms with Gasteiger partial charge in [0, 0.05) is 18.1 Å². The van der Waals surface area contributed by atoms with E-state index in [0.29, 0.717) is 61.2 Å². The third kappa shape index (κ3) is 5.49. The number of rotatable bonds is 8. The van der Waals surface area contributed by atoms with Crippen molar-refractivity contribution in [3.8, 4) is 17.2 Å². The maximum Gasteiger partial charge on any atom is 0.338 e. The highest BCUT2D eigenvalue weighted by Crippen LogP contribution is 2.38. The first-order valence-electron chi connectivity index (χ1n) is 11.1. The Balaban J connectivity index is 1.53. The number of esters is 2. The predicted molar refractivity (Wildman–Crippen MR) is 125 cm³/mol. The molecule has 0 saturated carbocycles. The standard InChI is InChI=1S/C27H26O7/c1-3-31-27(29)21-8-4-18(5-9-21)14-22-15-24-25(33-13-12-32-24)16-23(22)34-17-19-6-10-20(11-7-19)26(28)30-2/h4-11,15-16H,3,12-14,17H2,1-2H3. The lowest BCUT2D eigenvalue weighted by atomic mass is 10.0. The number of carbonyl (C=O) groups is 2. The molecule has 0 spiro atoms. The highest BCUT2D eigenvalue weighted by atomic mass is 16.6. The molecule has 34 heavy (non-hydrogen) atoms. The van der Waals surface area contributed by atoms with Crippen molar-refractivity contribution in [3.05, 3.63) is 88.5 Å². The van der Waals surface area contributed by atoms with Crippen LogP contribution in [0.3, 0.4) is 0 Å². The van der Waals surface area contributed by atoms with Gasteiger partial charge in [-0.15, -0.1) is 0 Å². The van der Waals surface area contributed by atoms with Crippen LogP contribution in [0.5, 0.6) is 17.2 Å². The van der Waals surface area contributed by atoms with E-state index in [4.69, 9.17) is 23.7 Å². The highest BCUT2D eigenvalue weighted by Gasteiger charge is 2.18. The molecule has 0 aliphatic carbocycles. The molecule has 0 unspecified atom stereocenters. The fraction of sp³-hybridized carbons (Fsp3) is 0.259. The van der Waals surface area contributed by atoms with Crippen molar-refractivity contribution < 1.29 is 33.3 Å². The Kier molecular flexibility index (Phi) is 7.32. The minimum absolute atomic E-state index is 0.315. The minimum atomic E-state index is -0.379. The second kappa shape index (κ2) is 10.7. The Hall–Kier alpha value is -4.00. The fourth-order valence-corrected chi connectivity index (χ4v) is 3.59. The molecule has 7 nitrogen and oxygen atoms in total. The quantitative estimate of drug-likeness (QED) is 0.453. The molecule has 0 atom stereocenters. The number of hydrogen-bond donors (Lipinski definition) is 0. The van der Waals surface area contributed by atoms with E-state index in [1.165, 1.54) is 7.11 Å². The van der Waals surface area contributed by atoms with Gasteiger partial charge in [-0.05, 0) is 48.4 Å². The highest BCUT2D eigenvalue weighted by molar-refractivity contribution is 5.89. The molecule has 0 amide bonds. The predicted octanol–water partition coefficient (Wildman–Crippen LogP) is 4.59. The Morgan fingerprint density at radius 3 is 2.03 bits per heavy atom. The zero-order chi connectivity index (χ0) is 23.9. The van der Waals surface area contributed by atoms with Gasteiger partial charge in [0.1, 0.15) is 25.6 Å². The van der Waals surface area contributed by atoms with E-state index in [-0.39, 0.29) is 11.9 Å². The second-order valence-corrected chi connectivity index (χ2v) is 7.67. The first kappa shape index (κ1) is 23.2. The van der Waals surface area contributed by atoms with Crippen LogP contribution in [-0.2, 0) is 22.5 Å². The van der Waals surface area contributed by atoms with Gasteiger partial charge in [-0.1, -0.05) is 24.3 Å². The molecular formula is C27H26O7. The van der Waals surface area contributed by atoms with Crippen LogP contribution in [-0.4, -0.2) is 38.9 Å². The van der Waals surface area contributed by atoms with E-state index in [1.807, 2.05) is 36.4 Å². The SMILES string of the molecule is CCOC(=O)c1ccc(Cc2cc3c(cc2OCc2ccc(C(=O)OC)cc2)OCCO3)cc1. The van der Waals surface area contributed by atoms with Gasteiger partial charge in [-0.2, -0.15) is 0 Å². The largest absolute Gasteiger partial charge is 0.488 e. The summed E-state index contributed by atoms with van der Waals surface area (Å²) in [6.45, 7) is 3.41. The number of methoxy groups -OCH3 is 1. The third-order valence-corrected chi connectivity index (χ3v) is 5.35. The molecule has 7 heteroatoms. The van der Waals surface area contributed by atoms with E-state index < -0.39 is 0 Å². The summed E-state index contributed by atoms with van der Waals surface area (Å²) in [5, 5.41) is 0. The summed E-state index contributed by atoms with van der Waals surface area (Å²) in [5.74, 6) is 1.28. The van der Waals surface area contributed by atoms with Crippen molar-refractivity contribution in [1.82, 2.24) is 0 Å². The number of carbonyl (C=O) groups excluding carboxylic acids is 2. The zero-order valence-electron chi connectivity index (χ0n) is 19.2. The summed E-state index contributed by atoms with van der Waals surface area (Å²) in [5.41, 5.74) is 3.85. The lowest BCUT2D eigenvalue weighted by Gasteiger charge is -2.21. The summed E-state index contributed by atoms with van der Waals surface area (Å²) in [4.78, 5) is 23.6. The molecule has 0 bridgehead atoms. The van der Waals surface area contributed by atoms with Crippen molar-refractivity contribution >= 4 is 11.9 Å². The Bertz CT molecular complexity index is 1150. The molecule has 0 radical (unpaired) electrons. The van der Waals surface area contributed by atoms with Crippen molar-refractivity contribution in [2.45, 2.75) is 20.0 Å². The van der Waals surface area contributed by atoms with Crippen LogP contribution in [0.15, 0.2) is 60.7 Å². The van der Waals surface area contributed by atoms with Crippen molar-refractivity contribution in [3.63, 3.8) is 0 Å². The Morgan fingerprint density at radius 1 is 0.824 bits per heavy atom. The Labute approximate surface area is 198 Å². The molecular weight excluding hydrogens is 436 g/mol. The molecule has 3 aromatic carbocycles. The molecule has 1 aliphatic heterocycles. The van der Waals surface area contributed by atoms with Crippen molar-refractivity contribution in [2.24, 2.45) is 0 Å². The maximum atomic E-state index is 11.9. The molecule has 1 aliphatic rings. The Morgan fingerprint density at radius 2 is 1.41 bits per heavy atom. The van der Waals surface area contributed by atoms with Gasteiger partial charge < -0.3 is 23.7 Å². The molecule has 176 valence electrons. The minimum Gasteiger partial charge on any atom is -0.488 e. The zero-order valence-corrected chi connectivity index (χ0v) is 19.2. The summed E-state index contributed by atoms with van der Waals surface area (Å²) in [7, 11) is 1.35. The fourth-order valence-electron chi connectivity index (χ4n) is 3.59. The van der Waals surface area contributed by atoms with Gasteiger partial charge in [0.25, 0.3) is 0 Å². The normalized spacial score (nSPS) is 12.1. The van der Waals surface area contributed by atoms with E-state index in [2.05, 4.69) is 0 Å². The number of benzene rings is 3. The van der Waals surface area contributed by atoms with E-state index in [9.17, 15) is 9.59 Å². The molecule has 1 heterocycles. The third-order valence-electron chi connectivity index (χ3n) is 5.35. The second-order valence-electron chi connectivity index (χ2n) is 7.67. The number of ether oxygens (including phenoxy) is 5. The van der Waals surface area contributed by atoms with E-state index >= 15 is 0 Å². The van der Waals surface area contributed by atoms with E-state index in [0.717, 1.165) is 16.7 Å². The van der Waals surface area contributed by atoms with Crippen LogP contribution in [0.2, 0.25) is 0 Å². The van der Waals surface area contributed by atoms with Gasteiger partial charge in [-0.3, -0.25) is 0 Å². The van der Waals surface area contributed by atoms with Crippen LogP contribution < -0.4 is 14.2 Å². The van der Waals surface area contributed by atoms with Gasteiger partial charge in [-0.25, -0.2) is 9.59 Å². The van der Waals surface area contributed by atoms with Gasteiger partial charge in [0.15, 0.2) is 11.5 Å². The van der Waals surface area contributed by atoms with Gasteiger partial charge in [0.2, 0.25) is 0 Å². The van der Waals surface area contributed by atoms with Crippen LogP contribution in [0.4, 0.5) is 0 Å². The summed E-state index contributed by atoms with van der Waals surface area (Å²) in [6, 6.07) is 18.2. The smallest absolute Gasteiger partial charge is 0.338 e. The van der Waals surface area contributed by atoms with Crippen LogP contribution in [0.1, 0.15) is 44.3 Å². The lowest BCUT2D eigenvalue weighted by molar-refractivity contribution is 0.0525. The molecule has 0 fully saturated rings. The number of hydrogen-bond acceptors (Lipinski definition) is 7. The van der Waals surface area contributed by atoms with Crippen molar-refractivity contribution in [2.75, 3.05) is 26.9 Å². The molecule has 0 N–H and O–H groups in total. The molecule has 4 rings (SSSR count). The number of fused-ring (bicyclic) bond motifs is 1.